The van der Waals surface area contributed by atoms with Crippen molar-refractivity contribution in [2.75, 3.05) is 5.75 Å². The minimum absolute atomic E-state index is 0.0487. The highest BCUT2D eigenvalue weighted by Gasteiger charge is 2.14. The molecule has 2 aromatic carbocycles. The molecular formula is C20H20N2O2S. The lowest BCUT2D eigenvalue weighted by molar-refractivity contribution is 0.102. The van der Waals surface area contributed by atoms with E-state index < -0.39 is 0 Å². The van der Waals surface area contributed by atoms with Crippen LogP contribution in [-0.4, -0.2) is 21.1 Å². The van der Waals surface area contributed by atoms with E-state index in [9.17, 15) is 9.59 Å². The summed E-state index contributed by atoms with van der Waals surface area (Å²) >= 11 is 1.32. The average Bonchev–Trinajstić information content (AvgIpc) is 2.60. The third kappa shape index (κ3) is 3.51. The number of para-hydroxylation sites is 1. The molecule has 0 amide bonds. The zero-order chi connectivity index (χ0) is 18.0. The Balaban J connectivity index is 1.90. The Labute approximate surface area is 150 Å². The predicted octanol–water partition coefficient (Wildman–Crippen LogP) is 4.01. The monoisotopic (exact) mass is 352 g/mol. The number of ketones is 1. The number of hydrogen-bond acceptors (Lipinski definition) is 4. The highest BCUT2D eigenvalue weighted by atomic mass is 32.2. The number of fused-ring (bicyclic) bond motifs is 1. The molecule has 3 aromatic rings. The first-order valence-corrected chi connectivity index (χ1v) is 9.22. The number of nitrogens with zero attached hydrogens (tertiary/aromatic N) is 2. The van der Waals surface area contributed by atoms with Gasteiger partial charge in [0.25, 0.3) is 5.56 Å². The van der Waals surface area contributed by atoms with Gasteiger partial charge in [-0.3, -0.25) is 14.2 Å². The number of aromatic nitrogens is 2. The van der Waals surface area contributed by atoms with Gasteiger partial charge in [-0.2, -0.15) is 0 Å². The number of carbonyl (C=O) groups is 1. The van der Waals surface area contributed by atoms with Crippen LogP contribution in [0.1, 0.15) is 28.4 Å². The Hall–Kier alpha value is -2.40. The maximum Gasteiger partial charge on any atom is 0.262 e. The van der Waals surface area contributed by atoms with Crippen LogP contribution < -0.4 is 5.56 Å². The zero-order valence-corrected chi connectivity index (χ0v) is 15.4. The molecule has 1 aromatic heterocycles. The van der Waals surface area contributed by atoms with Crippen LogP contribution in [0.2, 0.25) is 0 Å². The van der Waals surface area contributed by atoms with E-state index in [0.717, 1.165) is 16.7 Å². The first-order chi connectivity index (χ1) is 12.0. The summed E-state index contributed by atoms with van der Waals surface area (Å²) in [5, 5.41) is 1.19. The molecule has 0 atom stereocenters. The fraction of sp³-hybridized carbons (Fsp3) is 0.250. The van der Waals surface area contributed by atoms with Crippen molar-refractivity contribution in [1.82, 2.24) is 9.55 Å². The summed E-state index contributed by atoms with van der Waals surface area (Å²) in [5.74, 6) is 0.307. The van der Waals surface area contributed by atoms with Crippen LogP contribution in [0.15, 0.2) is 52.4 Å². The molecule has 3 rings (SSSR count). The van der Waals surface area contributed by atoms with E-state index in [0.29, 0.717) is 22.6 Å². The Bertz CT molecular complexity index is 1010. The summed E-state index contributed by atoms with van der Waals surface area (Å²) in [6.45, 7) is 6.39. The lowest BCUT2D eigenvalue weighted by Crippen LogP contribution is -2.22. The van der Waals surface area contributed by atoms with Gasteiger partial charge in [-0.15, -0.1) is 0 Å². The second-order valence-electron chi connectivity index (χ2n) is 5.99. The first-order valence-electron chi connectivity index (χ1n) is 8.24. The van der Waals surface area contributed by atoms with Crippen LogP contribution in [0.4, 0.5) is 0 Å². The molecule has 0 unspecified atom stereocenters. The van der Waals surface area contributed by atoms with Gasteiger partial charge >= 0.3 is 0 Å². The number of benzene rings is 2. The maximum atomic E-state index is 12.6. The third-order valence-corrected chi connectivity index (χ3v) is 5.13. The van der Waals surface area contributed by atoms with Crippen molar-refractivity contribution in [3.8, 4) is 0 Å². The van der Waals surface area contributed by atoms with E-state index in [4.69, 9.17) is 0 Å². The van der Waals surface area contributed by atoms with Crippen LogP contribution in [-0.2, 0) is 6.54 Å². The van der Waals surface area contributed by atoms with Crippen molar-refractivity contribution >= 4 is 28.4 Å². The van der Waals surface area contributed by atoms with Crippen LogP contribution in [0.25, 0.3) is 10.9 Å². The van der Waals surface area contributed by atoms with Gasteiger partial charge in [0.15, 0.2) is 10.9 Å². The van der Waals surface area contributed by atoms with E-state index in [-0.39, 0.29) is 17.1 Å². The predicted molar refractivity (Wildman–Crippen MR) is 103 cm³/mol. The molecule has 1 heterocycles. The van der Waals surface area contributed by atoms with Gasteiger partial charge < -0.3 is 0 Å². The number of rotatable bonds is 5. The molecule has 0 saturated heterocycles. The molecule has 0 aliphatic carbocycles. The summed E-state index contributed by atoms with van der Waals surface area (Å²) in [6.07, 6.45) is 0. The van der Waals surface area contributed by atoms with Gasteiger partial charge in [0.1, 0.15) is 0 Å². The molecule has 0 radical (unpaired) electrons. The number of hydrogen-bond donors (Lipinski definition) is 0. The molecule has 5 heteroatoms. The van der Waals surface area contributed by atoms with Crippen molar-refractivity contribution < 1.29 is 4.79 Å². The van der Waals surface area contributed by atoms with Gasteiger partial charge in [0.2, 0.25) is 0 Å². The van der Waals surface area contributed by atoms with Crippen molar-refractivity contribution in [2.24, 2.45) is 0 Å². The SMILES string of the molecule is CCn1c(SCC(=O)c2ccc(C)cc2C)nc2ccccc2c1=O. The second kappa shape index (κ2) is 7.23. The van der Waals surface area contributed by atoms with Crippen molar-refractivity contribution in [3.63, 3.8) is 0 Å². The van der Waals surface area contributed by atoms with Gasteiger partial charge in [-0.05, 0) is 38.5 Å². The maximum absolute atomic E-state index is 12.6. The summed E-state index contributed by atoms with van der Waals surface area (Å²) in [5.41, 5.74) is 3.44. The smallest absolute Gasteiger partial charge is 0.262 e. The van der Waals surface area contributed by atoms with Crippen LogP contribution in [0.3, 0.4) is 0 Å². The van der Waals surface area contributed by atoms with E-state index >= 15 is 0 Å². The second-order valence-corrected chi connectivity index (χ2v) is 6.93. The number of aryl methyl sites for hydroxylation is 2. The zero-order valence-electron chi connectivity index (χ0n) is 14.6. The molecular weight excluding hydrogens is 332 g/mol. The summed E-state index contributed by atoms with van der Waals surface area (Å²) in [6, 6.07) is 13.1. The van der Waals surface area contributed by atoms with E-state index in [2.05, 4.69) is 4.98 Å². The largest absolute Gasteiger partial charge is 0.293 e. The van der Waals surface area contributed by atoms with Crippen LogP contribution in [0, 0.1) is 13.8 Å². The Morgan fingerprint density at radius 1 is 1.16 bits per heavy atom. The summed E-state index contributed by atoms with van der Waals surface area (Å²) in [4.78, 5) is 29.8. The van der Waals surface area contributed by atoms with Crippen molar-refractivity contribution in [3.05, 3.63) is 69.5 Å². The topological polar surface area (TPSA) is 52.0 Å². The molecule has 4 nitrogen and oxygen atoms in total. The highest BCUT2D eigenvalue weighted by molar-refractivity contribution is 7.99. The Morgan fingerprint density at radius 2 is 1.92 bits per heavy atom. The lowest BCUT2D eigenvalue weighted by atomic mass is 10.0. The quantitative estimate of drug-likeness (QED) is 0.395. The van der Waals surface area contributed by atoms with Gasteiger partial charge in [0, 0.05) is 12.1 Å². The van der Waals surface area contributed by atoms with Gasteiger partial charge in [-0.25, -0.2) is 4.98 Å². The molecule has 0 aliphatic rings. The average molecular weight is 352 g/mol. The van der Waals surface area contributed by atoms with Crippen molar-refractivity contribution in [1.29, 1.82) is 0 Å². The summed E-state index contributed by atoms with van der Waals surface area (Å²) in [7, 11) is 0. The number of thioether (sulfide) groups is 1. The molecule has 0 saturated carbocycles. The first kappa shape index (κ1) is 17.4. The Morgan fingerprint density at radius 3 is 2.64 bits per heavy atom. The minimum atomic E-state index is -0.0606. The molecule has 0 N–H and O–H groups in total. The van der Waals surface area contributed by atoms with E-state index in [1.165, 1.54) is 11.8 Å². The molecule has 128 valence electrons. The van der Waals surface area contributed by atoms with Gasteiger partial charge in [-0.1, -0.05) is 47.7 Å². The molecule has 0 bridgehead atoms. The Kier molecular flexibility index (Phi) is 5.04. The third-order valence-electron chi connectivity index (χ3n) is 4.16. The van der Waals surface area contributed by atoms with Crippen LogP contribution in [0.5, 0.6) is 0 Å². The molecule has 0 aliphatic heterocycles. The molecule has 25 heavy (non-hydrogen) atoms. The summed E-state index contributed by atoms with van der Waals surface area (Å²) < 4.78 is 1.63. The van der Waals surface area contributed by atoms with Gasteiger partial charge in [0.05, 0.1) is 16.7 Å². The molecule has 0 spiro atoms. The number of carbonyl (C=O) groups excluding carboxylic acids is 1. The van der Waals surface area contributed by atoms with Crippen molar-refractivity contribution in [2.45, 2.75) is 32.5 Å². The highest BCUT2D eigenvalue weighted by Crippen LogP contribution is 2.20. The standard InChI is InChI=1S/C20H20N2O2S/c1-4-22-19(24)16-7-5-6-8-17(16)21-20(22)25-12-18(23)15-10-9-13(2)11-14(15)3/h5-11H,4,12H2,1-3H3. The van der Waals surface area contributed by atoms with E-state index in [1.807, 2.05) is 57.2 Å². The lowest BCUT2D eigenvalue weighted by Gasteiger charge is -2.11. The molecule has 0 fully saturated rings. The van der Waals surface area contributed by atoms with E-state index in [1.54, 1.807) is 10.6 Å². The fourth-order valence-electron chi connectivity index (χ4n) is 2.87. The normalized spacial score (nSPS) is 11.0. The number of Topliss-reactive ketones (excluding diaryl/α,β-unsaturated/α-hetero) is 1. The fourth-order valence-corrected chi connectivity index (χ4v) is 3.82. The van der Waals surface area contributed by atoms with Crippen LogP contribution >= 0.6 is 11.8 Å². The minimum Gasteiger partial charge on any atom is -0.293 e.